The van der Waals surface area contributed by atoms with Gasteiger partial charge < -0.3 is 0 Å². The van der Waals surface area contributed by atoms with E-state index in [0.29, 0.717) is 23.2 Å². The first-order valence-electron chi connectivity index (χ1n) is 7.12. The van der Waals surface area contributed by atoms with Crippen molar-refractivity contribution >= 4 is 33.0 Å². The fraction of sp³-hybridized carbons (Fsp3) is 0.714. The van der Waals surface area contributed by atoms with E-state index in [1.54, 1.807) is 10.4 Å². The summed E-state index contributed by atoms with van der Waals surface area (Å²) in [4.78, 5) is 1.04. The lowest BCUT2D eigenvalue weighted by molar-refractivity contribution is 0.280. The zero-order valence-corrected chi connectivity index (χ0v) is 14.5. The van der Waals surface area contributed by atoms with Crippen LogP contribution in [0.1, 0.15) is 38.0 Å². The number of alkyl halides is 1. The fourth-order valence-corrected chi connectivity index (χ4v) is 6.16. The lowest BCUT2D eigenvalue weighted by Gasteiger charge is -2.26. The van der Waals surface area contributed by atoms with Gasteiger partial charge in [0.2, 0.25) is 0 Å². The summed E-state index contributed by atoms with van der Waals surface area (Å²) in [7, 11) is -3.32. The fourth-order valence-electron chi connectivity index (χ4n) is 2.78. The summed E-state index contributed by atoms with van der Waals surface area (Å²) in [6, 6.07) is 3.60. The molecule has 2 heterocycles. The minimum absolute atomic E-state index is 0.170. The second kappa shape index (κ2) is 6.34. The van der Waals surface area contributed by atoms with Gasteiger partial charge in [0.25, 0.3) is 10.0 Å². The smallest absolute Gasteiger partial charge is 0.206 e. The molecule has 1 fully saturated rings. The molecule has 0 unspecified atom stereocenters. The lowest BCUT2D eigenvalue weighted by Crippen LogP contribution is -2.31. The molecule has 1 aliphatic heterocycles. The quantitative estimate of drug-likeness (QED) is 0.743. The van der Waals surface area contributed by atoms with Crippen molar-refractivity contribution in [2.45, 2.75) is 43.7 Å². The average Bonchev–Trinajstić information content (AvgIpc) is 3.06. The zero-order chi connectivity index (χ0) is 14.8. The topological polar surface area (TPSA) is 37.4 Å². The van der Waals surface area contributed by atoms with Gasteiger partial charge in [-0.2, -0.15) is 4.31 Å². The Labute approximate surface area is 131 Å². The van der Waals surface area contributed by atoms with Crippen LogP contribution in [0.4, 0.5) is 0 Å². The van der Waals surface area contributed by atoms with Gasteiger partial charge in [-0.15, -0.1) is 22.9 Å². The number of hydrogen-bond acceptors (Lipinski definition) is 3. The zero-order valence-electron chi connectivity index (χ0n) is 12.1. The molecule has 1 aromatic heterocycles. The lowest BCUT2D eigenvalue weighted by atomic mass is 9.82. The summed E-state index contributed by atoms with van der Waals surface area (Å²) in [5.74, 6) is 0.526. The molecule has 1 aliphatic rings. The van der Waals surface area contributed by atoms with Crippen LogP contribution in [0, 0.1) is 5.41 Å². The number of thiophene rings is 1. The van der Waals surface area contributed by atoms with Gasteiger partial charge in [0.15, 0.2) is 0 Å². The normalized spacial score (nSPS) is 19.6. The molecule has 1 saturated heterocycles. The van der Waals surface area contributed by atoms with Gasteiger partial charge in [0, 0.05) is 23.8 Å². The van der Waals surface area contributed by atoms with E-state index in [9.17, 15) is 8.42 Å². The Morgan fingerprint density at radius 1 is 1.35 bits per heavy atom. The summed E-state index contributed by atoms with van der Waals surface area (Å²) in [5, 5.41) is 0. The Bertz CT molecular complexity index is 549. The van der Waals surface area contributed by atoms with E-state index in [4.69, 9.17) is 11.6 Å². The highest BCUT2D eigenvalue weighted by Gasteiger charge is 2.40. The molecule has 6 heteroatoms. The van der Waals surface area contributed by atoms with Crippen molar-refractivity contribution in [1.82, 2.24) is 4.31 Å². The van der Waals surface area contributed by atoms with Crippen molar-refractivity contribution < 1.29 is 8.42 Å². The molecule has 0 atom stereocenters. The van der Waals surface area contributed by atoms with Gasteiger partial charge in [0.1, 0.15) is 4.21 Å². The first-order chi connectivity index (χ1) is 9.47. The summed E-state index contributed by atoms with van der Waals surface area (Å²) >= 11 is 7.06. The maximum atomic E-state index is 12.7. The first-order valence-corrected chi connectivity index (χ1v) is 9.91. The number of sulfonamides is 1. The molecular weight excluding hydrogens is 314 g/mol. The van der Waals surface area contributed by atoms with Crippen LogP contribution in [0.25, 0.3) is 0 Å². The molecule has 0 saturated carbocycles. The summed E-state index contributed by atoms with van der Waals surface area (Å²) in [6.45, 7) is 5.62. The number of rotatable bonds is 6. The van der Waals surface area contributed by atoms with E-state index >= 15 is 0 Å². The van der Waals surface area contributed by atoms with E-state index in [1.165, 1.54) is 11.3 Å². The van der Waals surface area contributed by atoms with E-state index in [0.717, 1.165) is 30.6 Å². The van der Waals surface area contributed by atoms with Gasteiger partial charge in [0.05, 0.1) is 0 Å². The van der Waals surface area contributed by atoms with E-state index < -0.39 is 10.0 Å². The second-order valence-electron chi connectivity index (χ2n) is 5.46. The van der Waals surface area contributed by atoms with Crippen molar-refractivity contribution in [3.05, 3.63) is 17.0 Å². The van der Waals surface area contributed by atoms with Crippen LogP contribution in [0.15, 0.2) is 16.3 Å². The van der Waals surface area contributed by atoms with Crippen LogP contribution in [0.2, 0.25) is 0 Å². The molecule has 20 heavy (non-hydrogen) atoms. The third kappa shape index (κ3) is 3.06. The Balaban J connectivity index is 2.19. The van der Waals surface area contributed by atoms with E-state index in [-0.39, 0.29) is 5.41 Å². The maximum absolute atomic E-state index is 12.7. The van der Waals surface area contributed by atoms with Crippen LogP contribution in [0.5, 0.6) is 0 Å². The van der Waals surface area contributed by atoms with Gasteiger partial charge in [-0.25, -0.2) is 8.42 Å². The molecule has 0 aliphatic carbocycles. The summed E-state index contributed by atoms with van der Waals surface area (Å²) in [5.41, 5.74) is 0.170. The van der Waals surface area contributed by atoms with Gasteiger partial charge in [-0.1, -0.05) is 13.8 Å². The monoisotopic (exact) mass is 335 g/mol. The molecule has 0 spiro atoms. The molecule has 0 aromatic carbocycles. The Morgan fingerprint density at radius 2 is 2.05 bits per heavy atom. The van der Waals surface area contributed by atoms with Gasteiger partial charge in [-0.3, -0.25) is 0 Å². The van der Waals surface area contributed by atoms with Crippen molar-refractivity contribution in [3.63, 3.8) is 0 Å². The Hall–Kier alpha value is -0.100. The minimum atomic E-state index is -3.32. The van der Waals surface area contributed by atoms with Crippen LogP contribution >= 0.6 is 22.9 Å². The number of hydrogen-bond donors (Lipinski definition) is 0. The average molecular weight is 336 g/mol. The Morgan fingerprint density at radius 3 is 2.60 bits per heavy atom. The predicted molar refractivity (Wildman–Crippen MR) is 85.1 cm³/mol. The third-order valence-electron chi connectivity index (χ3n) is 4.48. The second-order valence-corrected chi connectivity index (χ2v) is 9.17. The molecule has 0 radical (unpaired) electrons. The highest BCUT2D eigenvalue weighted by atomic mass is 35.5. The van der Waals surface area contributed by atoms with E-state index in [1.807, 2.05) is 6.07 Å². The van der Waals surface area contributed by atoms with Crippen molar-refractivity contribution in [3.8, 4) is 0 Å². The molecule has 3 nitrogen and oxygen atoms in total. The molecule has 1 aromatic rings. The van der Waals surface area contributed by atoms with E-state index in [2.05, 4.69) is 13.8 Å². The van der Waals surface area contributed by atoms with Crippen molar-refractivity contribution in [2.24, 2.45) is 5.41 Å². The van der Waals surface area contributed by atoms with Crippen LogP contribution in [-0.4, -0.2) is 31.7 Å². The standard InChI is InChI=1S/C14H22ClNO2S2/c1-3-14(4-2)8-10-16(11-14)20(17,18)13-6-5-12(19-13)7-9-15/h5-6H,3-4,7-11H2,1-2H3. The SMILES string of the molecule is CCC1(CC)CCN(S(=O)(=O)c2ccc(CCCl)s2)C1. The Kier molecular flexibility index (Phi) is 5.16. The van der Waals surface area contributed by atoms with Crippen LogP contribution in [-0.2, 0) is 16.4 Å². The molecule has 0 bridgehead atoms. The number of halogens is 1. The van der Waals surface area contributed by atoms with Crippen LogP contribution < -0.4 is 0 Å². The van der Waals surface area contributed by atoms with Crippen LogP contribution in [0.3, 0.4) is 0 Å². The predicted octanol–water partition coefficient (Wildman–Crippen LogP) is 3.73. The molecule has 0 N–H and O–H groups in total. The largest absolute Gasteiger partial charge is 0.252 e. The summed E-state index contributed by atoms with van der Waals surface area (Å²) in [6.07, 6.45) is 3.78. The third-order valence-corrected chi connectivity index (χ3v) is 8.12. The summed E-state index contributed by atoms with van der Waals surface area (Å²) < 4.78 is 27.5. The molecule has 0 amide bonds. The molecule has 114 valence electrons. The van der Waals surface area contributed by atoms with Crippen molar-refractivity contribution in [2.75, 3.05) is 19.0 Å². The molecular formula is C14H22ClNO2S2. The highest BCUT2D eigenvalue weighted by Crippen LogP contribution is 2.40. The van der Waals surface area contributed by atoms with Crippen molar-refractivity contribution in [1.29, 1.82) is 0 Å². The minimum Gasteiger partial charge on any atom is -0.206 e. The number of nitrogens with zero attached hydrogens (tertiary/aromatic N) is 1. The molecule has 2 rings (SSSR count). The highest BCUT2D eigenvalue weighted by molar-refractivity contribution is 7.91. The van der Waals surface area contributed by atoms with Gasteiger partial charge in [-0.05, 0) is 43.2 Å². The maximum Gasteiger partial charge on any atom is 0.252 e. The number of aryl methyl sites for hydroxylation is 1. The first kappa shape index (κ1) is 16.3. The van der Waals surface area contributed by atoms with Gasteiger partial charge >= 0.3 is 0 Å².